The maximum absolute atomic E-state index is 13.7. The van der Waals surface area contributed by atoms with E-state index in [2.05, 4.69) is 35.8 Å². The first-order valence-corrected chi connectivity index (χ1v) is 12.4. The Hall–Kier alpha value is -3.98. The SMILES string of the molecule is CCCCCCn1c2ccccc2c2cc(C(=O)c3ccccc3C(=O)c3ccccc3)ccc21. The summed E-state index contributed by atoms with van der Waals surface area (Å²) in [6, 6.07) is 30.6. The van der Waals surface area contributed by atoms with Crippen molar-refractivity contribution in [2.75, 3.05) is 0 Å². The Morgan fingerprint density at radius 1 is 0.600 bits per heavy atom. The summed E-state index contributed by atoms with van der Waals surface area (Å²) in [5.41, 5.74) is 4.39. The topological polar surface area (TPSA) is 39.1 Å². The Bertz CT molecular complexity index is 1510. The number of rotatable bonds is 9. The van der Waals surface area contributed by atoms with Gasteiger partial charge in [-0.05, 0) is 30.7 Å². The molecule has 0 saturated heterocycles. The third-order valence-corrected chi connectivity index (χ3v) is 6.72. The lowest BCUT2D eigenvalue weighted by Gasteiger charge is -2.10. The van der Waals surface area contributed by atoms with Gasteiger partial charge in [0, 0.05) is 50.6 Å². The summed E-state index contributed by atoms with van der Waals surface area (Å²) in [6.07, 6.45) is 4.81. The van der Waals surface area contributed by atoms with Gasteiger partial charge in [0.2, 0.25) is 0 Å². The number of hydrogen-bond acceptors (Lipinski definition) is 2. The monoisotopic (exact) mass is 459 g/mol. The number of benzene rings is 4. The molecular weight excluding hydrogens is 430 g/mol. The van der Waals surface area contributed by atoms with Crippen molar-refractivity contribution in [2.24, 2.45) is 0 Å². The molecule has 3 heteroatoms. The van der Waals surface area contributed by atoms with E-state index >= 15 is 0 Å². The van der Waals surface area contributed by atoms with Gasteiger partial charge in [-0.15, -0.1) is 0 Å². The van der Waals surface area contributed by atoms with Gasteiger partial charge in [0.05, 0.1) is 0 Å². The van der Waals surface area contributed by atoms with Gasteiger partial charge in [-0.25, -0.2) is 0 Å². The van der Waals surface area contributed by atoms with E-state index in [4.69, 9.17) is 0 Å². The van der Waals surface area contributed by atoms with E-state index in [-0.39, 0.29) is 11.6 Å². The van der Waals surface area contributed by atoms with Crippen LogP contribution in [0.2, 0.25) is 0 Å². The zero-order chi connectivity index (χ0) is 24.2. The Labute approximate surface area is 206 Å². The van der Waals surface area contributed by atoms with Gasteiger partial charge in [0.15, 0.2) is 11.6 Å². The number of carbonyl (C=O) groups is 2. The van der Waals surface area contributed by atoms with Crippen molar-refractivity contribution in [1.82, 2.24) is 4.57 Å². The Morgan fingerprint density at radius 2 is 1.23 bits per heavy atom. The molecule has 0 bridgehead atoms. The van der Waals surface area contributed by atoms with Crippen LogP contribution in [0, 0.1) is 0 Å². The number of hydrogen-bond donors (Lipinski definition) is 0. The normalized spacial score (nSPS) is 11.2. The molecule has 4 aromatic carbocycles. The molecule has 35 heavy (non-hydrogen) atoms. The first-order chi connectivity index (χ1) is 17.2. The second-order valence-electron chi connectivity index (χ2n) is 9.03. The minimum atomic E-state index is -0.140. The summed E-state index contributed by atoms with van der Waals surface area (Å²) < 4.78 is 2.38. The molecule has 174 valence electrons. The summed E-state index contributed by atoms with van der Waals surface area (Å²) >= 11 is 0. The smallest absolute Gasteiger partial charge is 0.193 e. The molecule has 5 rings (SSSR count). The first kappa shape index (κ1) is 22.8. The fourth-order valence-corrected chi connectivity index (χ4v) is 4.91. The lowest BCUT2D eigenvalue weighted by molar-refractivity contribution is 0.100. The van der Waals surface area contributed by atoms with Crippen molar-refractivity contribution in [3.63, 3.8) is 0 Å². The van der Waals surface area contributed by atoms with Crippen molar-refractivity contribution in [3.8, 4) is 0 Å². The molecule has 0 aliphatic carbocycles. The minimum Gasteiger partial charge on any atom is -0.340 e. The number of ketones is 2. The number of carbonyl (C=O) groups excluding carboxylic acids is 2. The quantitative estimate of drug-likeness (QED) is 0.166. The van der Waals surface area contributed by atoms with E-state index in [0.29, 0.717) is 22.3 Å². The van der Waals surface area contributed by atoms with Crippen LogP contribution in [0.5, 0.6) is 0 Å². The standard InChI is InChI=1S/C32H29NO2/c1-2-3-4-12-21-33-29-18-11-10-15-25(29)28-22-24(19-20-30(28)33)32(35)27-17-9-8-16-26(27)31(34)23-13-6-5-7-14-23/h5-11,13-20,22H,2-4,12,21H2,1H3. The second-order valence-corrected chi connectivity index (χ2v) is 9.03. The highest BCUT2D eigenvalue weighted by Crippen LogP contribution is 2.31. The van der Waals surface area contributed by atoms with Gasteiger partial charge in [0.25, 0.3) is 0 Å². The molecule has 0 atom stereocenters. The van der Waals surface area contributed by atoms with Crippen LogP contribution in [-0.2, 0) is 6.54 Å². The molecule has 5 aromatic rings. The van der Waals surface area contributed by atoms with Crippen LogP contribution in [0.1, 0.15) is 64.4 Å². The molecule has 0 radical (unpaired) electrons. The van der Waals surface area contributed by atoms with Crippen LogP contribution in [0.15, 0.2) is 97.1 Å². The number of aromatic nitrogens is 1. The maximum Gasteiger partial charge on any atom is 0.193 e. The van der Waals surface area contributed by atoms with E-state index in [9.17, 15) is 9.59 Å². The third-order valence-electron chi connectivity index (χ3n) is 6.72. The Balaban J connectivity index is 1.55. The van der Waals surface area contributed by atoms with Gasteiger partial charge in [-0.2, -0.15) is 0 Å². The number of para-hydroxylation sites is 1. The molecule has 0 aliphatic rings. The number of nitrogens with zero attached hydrogens (tertiary/aromatic N) is 1. The largest absolute Gasteiger partial charge is 0.340 e. The van der Waals surface area contributed by atoms with Crippen molar-refractivity contribution in [3.05, 3.63) is 119 Å². The van der Waals surface area contributed by atoms with E-state index in [0.717, 1.165) is 29.3 Å². The van der Waals surface area contributed by atoms with Crippen LogP contribution in [0.25, 0.3) is 21.8 Å². The summed E-state index contributed by atoms with van der Waals surface area (Å²) in [4.78, 5) is 26.9. The molecule has 3 nitrogen and oxygen atoms in total. The van der Waals surface area contributed by atoms with Gasteiger partial charge in [-0.3, -0.25) is 9.59 Å². The summed E-state index contributed by atoms with van der Waals surface area (Å²) in [5.74, 6) is -0.272. The fraction of sp³-hybridized carbons (Fsp3) is 0.188. The molecule has 0 unspecified atom stereocenters. The number of aryl methyl sites for hydroxylation is 1. The van der Waals surface area contributed by atoms with Crippen LogP contribution in [0.4, 0.5) is 0 Å². The first-order valence-electron chi connectivity index (χ1n) is 12.4. The minimum absolute atomic E-state index is 0.133. The molecular formula is C32H29NO2. The van der Waals surface area contributed by atoms with Crippen LogP contribution in [0.3, 0.4) is 0 Å². The zero-order valence-electron chi connectivity index (χ0n) is 20.0. The average molecular weight is 460 g/mol. The van der Waals surface area contributed by atoms with Crippen LogP contribution in [-0.4, -0.2) is 16.1 Å². The number of fused-ring (bicyclic) bond motifs is 3. The molecule has 0 N–H and O–H groups in total. The van der Waals surface area contributed by atoms with Gasteiger partial charge >= 0.3 is 0 Å². The van der Waals surface area contributed by atoms with E-state index in [1.165, 1.54) is 24.8 Å². The molecule has 0 aliphatic heterocycles. The highest BCUT2D eigenvalue weighted by atomic mass is 16.1. The molecule has 1 aromatic heterocycles. The summed E-state index contributed by atoms with van der Waals surface area (Å²) in [5, 5.41) is 2.23. The van der Waals surface area contributed by atoms with Crippen LogP contribution < -0.4 is 0 Å². The Kier molecular flexibility index (Phi) is 6.58. The maximum atomic E-state index is 13.7. The zero-order valence-corrected chi connectivity index (χ0v) is 20.0. The summed E-state index contributed by atoms with van der Waals surface area (Å²) in [6.45, 7) is 3.19. The van der Waals surface area contributed by atoms with E-state index in [1.807, 2.05) is 48.5 Å². The predicted octanol–water partition coefficient (Wildman–Crippen LogP) is 7.84. The van der Waals surface area contributed by atoms with Gasteiger partial charge in [-0.1, -0.05) is 99.0 Å². The third kappa shape index (κ3) is 4.42. The molecule has 0 saturated carbocycles. The molecule has 1 heterocycles. The molecule has 0 fully saturated rings. The van der Waals surface area contributed by atoms with Crippen molar-refractivity contribution >= 4 is 33.4 Å². The van der Waals surface area contributed by atoms with Gasteiger partial charge < -0.3 is 4.57 Å². The van der Waals surface area contributed by atoms with Crippen molar-refractivity contribution in [1.29, 1.82) is 0 Å². The molecule has 0 spiro atoms. The lowest BCUT2D eigenvalue weighted by atomic mass is 9.93. The van der Waals surface area contributed by atoms with Crippen molar-refractivity contribution < 1.29 is 9.59 Å². The van der Waals surface area contributed by atoms with E-state index in [1.54, 1.807) is 24.3 Å². The van der Waals surface area contributed by atoms with Gasteiger partial charge in [0.1, 0.15) is 0 Å². The highest BCUT2D eigenvalue weighted by molar-refractivity contribution is 6.21. The second kappa shape index (κ2) is 10.1. The Morgan fingerprint density at radius 3 is 1.97 bits per heavy atom. The van der Waals surface area contributed by atoms with E-state index < -0.39 is 0 Å². The predicted molar refractivity (Wildman–Crippen MR) is 143 cm³/mol. The van der Waals surface area contributed by atoms with Crippen molar-refractivity contribution in [2.45, 2.75) is 39.2 Å². The fourth-order valence-electron chi connectivity index (χ4n) is 4.91. The summed E-state index contributed by atoms with van der Waals surface area (Å²) in [7, 11) is 0. The number of unbranched alkanes of at least 4 members (excludes halogenated alkanes) is 3. The average Bonchev–Trinajstić information content (AvgIpc) is 3.23. The van der Waals surface area contributed by atoms with Crippen LogP contribution >= 0.6 is 0 Å². The molecule has 0 amide bonds. The lowest BCUT2D eigenvalue weighted by Crippen LogP contribution is -2.11. The highest BCUT2D eigenvalue weighted by Gasteiger charge is 2.20.